The normalized spacial score (nSPS) is 10.2. The van der Waals surface area contributed by atoms with E-state index in [-0.39, 0.29) is 0 Å². The zero-order chi connectivity index (χ0) is 16.8. The molecule has 0 bridgehead atoms. The predicted octanol–water partition coefficient (Wildman–Crippen LogP) is 3.77. The third-order valence-corrected chi connectivity index (χ3v) is 3.65. The molecule has 0 saturated heterocycles. The number of hydrogen-bond donors (Lipinski definition) is 1. The molecule has 2 aromatic carbocycles. The van der Waals surface area contributed by atoms with Crippen LogP contribution in [0.1, 0.15) is 5.56 Å². The molecule has 0 saturated carbocycles. The van der Waals surface area contributed by atoms with E-state index in [1.54, 1.807) is 20.4 Å². The molecule has 0 aliphatic carbocycles. The van der Waals surface area contributed by atoms with E-state index < -0.39 is 0 Å². The van der Waals surface area contributed by atoms with Crippen molar-refractivity contribution in [3.63, 3.8) is 0 Å². The van der Waals surface area contributed by atoms with Gasteiger partial charge in [0.25, 0.3) is 0 Å². The average Bonchev–Trinajstić information content (AvgIpc) is 2.67. The lowest BCUT2D eigenvalue weighted by Crippen LogP contribution is -2.03. The second-order valence-corrected chi connectivity index (χ2v) is 5.20. The molecule has 0 spiro atoms. The number of methoxy groups -OCH3 is 2. The van der Waals surface area contributed by atoms with Crippen molar-refractivity contribution >= 4 is 5.95 Å². The van der Waals surface area contributed by atoms with Gasteiger partial charge in [0.2, 0.25) is 5.95 Å². The van der Waals surface area contributed by atoms with Gasteiger partial charge in [-0.05, 0) is 48.0 Å². The molecule has 1 heterocycles. The van der Waals surface area contributed by atoms with Crippen LogP contribution in [0.2, 0.25) is 0 Å². The van der Waals surface area contributed by atoms with Crippen LogP contribution in [0.5, 0.6) is 11.5 Å². The molecule has 0 aliphatic rings. The summed E-state index contributed by atoms with van der Waals surface area (Å²) in [4.78, 5) is 8.84. The van der Waals surface area contributed by atoms with Gasteiger partial charge in [0.05, 0.1) is 19.9 Å². The Balaban J connectivity index is 1.70. The predicted molar refractivity (Wildman–Crippen MR) is 94.3 cm³/mol. The van der Waals surface area contributed by atoms with E-state index in [1.807, 2.05) is 54.6 Å². The first kappa shape index (κ1) is 15.8. The van der Waals surface area contributed by atoms with Gasteiger partial charge in [0, 0.05) is 18.3 Å². The Morgan fingerprint density at radius 3 is 2.08 bits per heavy atom. The molecule has 5 nitrogen and oxygen atoms in total. The monoisotopic (exact) mass is 321 g/mol. The Hall–Kier alpha value is -3.08. The van der Waals surface area contributed by atoms with Gasteiger partial charge < -0.3 is 14.8 Å². The van der Waals surface area contributed by atoms with E-state index in [2.05, 4.69) is 15.3 Å². The average molecular weight is 321 g/mol. The molecule has 122 valence electrons. The number of hydrogen-bond acceptors (Lipinski definition) is 5. The number of ether oxygens (including phenoxy) is 2. The number of aromatic nitrogens is 2. The molecule has 0 radical (unpaired) electrons. The van der Waals surface area contributed by atoms with Crippen LogP contribution >= 0.6 is 0 Å². The van der Waals surface area contributed by atoms with E-state index in [4.69, 9.17) is 9.47 Å². The van der Waals surface area contributed by atoms with Crippen LogP contribution in [0, 0.1) is 0 Å². The molecule has 0 atom stereocenters. The van der Waals surface area contributed by atoms with Crippen LogP contribution in [0.3, 0.4) is 0 Å². The van der Waals surface area contributed by atoms with Crippen molar-refractivity contribution in [2.75, 3.05) is 19.5 Å². The number of rotatable bonds is 6. The van der Waals surface area contributed by atoms with E-state index in [0.29, 0.717) is 12.5 Å². The van der Waals surface area contributed by atoms with Gasteiger partial charge in [-0.25, -0.2) is 9.97 Å². The van der Waals surface area contributed by atoms with Crippen LogP contribution < -0.4 is 14.8 Å². The highest BCUT2D eigenvalue weighted by Crippen LogP contribution is 2.21. The molecule has 5 heteroatoms. The van der Waals surface area contributed by atoms with Crippen molar-refractivity contribution in [2.45, 2.75) is 6.54 Å². The number of nitrogens with one attached hydrogen (secondary N) is 1. The molecule has 1 N–H and O–H groups in total. The van der Waals surface area contributed by atoms with Crippen LogP contribution in [0.15, 0.2) is 60.8 Å². The summed E-state index contributed by atoms with van der Waals surface area (Å²) in [5.41, 5.74) is 3.02. The van der Waals surface area contributed by atoms with Crippen molar-refractivity contribution in [3.8, 4) is 22.8 Å². The molecule has 0 amide bonds. The van der Waals surface area contributed by atoms with Gasteiger partial charge in [-0.15, -0.1) is 0 Å². The highest BCUT2D eigenvalue weighted by molar-refractivity contribution is 5.60. The van der Waals surface area contributed by atoms with Gasteiger partial charge >= 0.3 is 0 Å². The van der Waals surface area contributed by atoms with E-state index in [0.717, 1.165) is 28.3 Å². The summed E-state index contributed by atoms with van der Waals surface area (Å²) in [6.45, 7) is 0.649. The molecule has 0 aliphatic heterocycles. The minimum atomic E-state index is 0.596. The van der Waals surface area contributed by atoms with Gasteiger partial charge in [0.1, 0.15) is 11.5 Å². The summed E-state index contributed by atoms with van der Waals surface area (Å²) < 4.78 is 10.3. The minimum Gasteiger partial charge on any atom is -0.497 e. The van der Waals surface area contributed by atoms with Crippen LogP contribution in [-0.2, 0) is 6.54 Å². The molecule has 0 fully saturated rings. The van der Waals surface area contributed by atoms with E-state index in [1.165, 1.54) is 0 Å². The van der Waals surface area contributed by atoms with Gasteiger partial charge in [-0.1, -0.05) is 12.1 Å². The van der Waals surface area contributed by atoms with E-state index in [9.17, 15) is 0 Å². The first-order chi connectivity index (χ1) is 11.8. The Labute approximate surface area is 141 Å². The summed E-state index contributed by atoms with van der Waals surface area (Å²) >= 11 is 0. The zero-order valence-electron chi connectivity index (χ0n) is 13.7. The van der Waals surface area contributed by atoms with Crippen LogP contribution in [0.25, 0.3) is 11.3 Å². The zero-order valence-corrected chi connectivity index (χ0v) is 13.7. The lowest BCUT2D eigenvalue weighted by atomic mass is 10.1. The Morgan fingerprint density at radius 1 is 0.833 bits per heavy atom. The second-order valence-electron chi connectivity index (χ2n) is 5.20. The fraction of sp³-hybridized carbons (Fsp3) is 0.158. The van der Waals surface area contributed by atoms with Crippen molar-refractivity contribution in [1.29, 1.82) is 0 Å². The Bertz CT molecular complexity index is 786. The van der Waals surface area contributed by atoms with Crippen molar-refractivity contribution < 1.29 is 9.47 Å². The summed E-state index contributed by atoms with van der Waals surface area (Å²) in [7, 11) is 3.31. The molecular formula is C19H19N3O2. The molecule has 0 unspecified atom stereocenters. The Morgan fingerprint density at radius 2 is 1.46 bits per heavy atom. The minimum absolute atomic E-state index is 0.596. The standard InChI is InChI=1S/C19H19N3O2/c1-23-16-7-3-14(4-8-16)13-21-19-20-12-11-18(22-19)15-5-9-17(24-2)10-6-15/h3-12H,13H2,1-2H3,(H,20,21,22). The maximum Gasteiger partial charge on any atom is 0.223 e. The van der Waals surface area contributed by atoms with Crippen LogP contribution in [-0.4, -0.2) is 24.2 Å². The smallest absolute Gasteiger partial charge is 0.223 e. The number of anilines is 1. The first-order valence-electron chi connectivity index (χ1n) is 7.63. The highest BCUT2D eigenvalue weighted by atomic mass is 16.5. The van der Waals surface area contributed by atoms with Crippen LogP contribution in [0.4, 0.5) is 5.95 Å². The molecular weight excluding hydrogens is 302 g/mol. The maximum absolute atomic E-state index is 5.18. The summed E-state index contributed by atoms with van der Waals surface area (Å²) in [6.07, 6.45) is 1.75. The van der Waals surface area contributed by atoms with E-state index >= 15 is 0 Å². The van der Waals surface area contributed by atoms with Crippen molar-refractivity contribution in [2.24, 2.45) is 0 Å². The van der Waals surface area contributed by atoms with Gasteiger partial charge in [-0.3, -0.25) is 0 Å². The molecule has 24 heavy (non-hydrogen) atoms. The second kappa shape index (κ2) is 7.46. The largest absolute Gasteiger partial charge is 0.497 e. The third-order valence-electron chi connectivity index (χ3n) is 3.65. The highest BCUT2D eigenvalue weighted by Gasteiger charge is 2.03. The summed E-state index contributed by atoms with van der Waals surface area (Å²) in [5.74, 6) is 2.27. The van der Waals surface area contributed by atoms with Crippen molar-refractivity contribution in [1.82, 2.24) is 9.97 Å². The maximum atomic E-state index is 5.18. The van der Waals surface area contributed by atoms with Gasteiger partial charge in [-0.2, -0.15) is 0 Å². The number of nitrogens with zero attached hydrogens (tertiary/aromatic N) is 2. The van der Waals surface area contributed by atoms with Crippen molar-refractivity contribution in [3.05, 3.63) is 66.4 Å². The fourth-order valence-corrected chi connectivity index (χ4v) is 2.29. The van der Waals surface area contributed by atoms with Gasteiger partial charge in [0.15, 0.2) is 0 Å². The summed E-state index contributed by atoms with van der Waals surface area (Å²) in [5, 5.41) is 3.24. The topological polar surface area (TPSA) is 56.3 Å². The first-order valence-corrected chi connectivity index (χ1v) is 7.63. The SMILES string of the molecule is COc1ccc(CNc2nccc(-c3ccc(OC)cc3)n2)cc1. The molecule has 3 aromatic rings. The molecule has 1 aromatic heterocycles. The molecule has 3 rings (SSSR count). The number of benzene rings is 2. The summed E-state index contributed by atoms with van der Waals surface area (Å²) in [6, 6.07) is 17.6. The fourth-order valence-electron chi connectivity index (χ4n) is 2.29. The lowest BCUT2D eigenvalue weighted by Gasteiger charge is -2.08. The Kier molecular flexibility index (Phi) is 4.91. The third kappa shape index (κ3) is 3.81. The quantitative estimate of drug-likeness (QED) is 0.749. The lowest BCUT2D eigenvalue weighted by molar-refractivity contribution is 0.414.